The van der Waals surface area contributed by atoms with Crippen molar-refractivity contribution >= 4 is 21.5 Å². The lowest BCUT2D eigenvalue weighted by molar-refractivity contribution is -0.138. The molecule has 0 aromatic heterocycles. The summed E-state index contributed by atoms with van der Waals surface area (Å²) in [6.45, 7) is 5.54. The van der Waals surface area contributed by atoms with Crippen LogP contribution >= 0.6 is 0 Å². The number of hydrogen-bond acceptors (Lipinski definition) is 4. The summed E-state index contributed by atoms with van der Waals surface area (Å²) >= 11 is 0. The monoisotopic (exact) mass is 385 g/mol. The summed E-state index contributed by atoms with van der Waals surface area (Å²) in [6.07, 6.45) is 1.63. The van der Waals surface area contributed by atoms with E-state index in [1.54, 1.807) is 30.3 Å². The van der Waals surface area contributed by atoms with Crippen molar-refractivity contribution in [3.8, 4) is 0 Å². The van der Waals surface area contributed by atoms with Gasteiger partial charge >= 0.3 is 0 Å². The van der Waals surface area contributed by atoms with Gasteiger partial charge in [-0.25, -0.2) is 8.42 Å². The average Bonchev–Trinajstić information content (AvgIpc) is 2.97. The van der Waals surface area contributed by atoms with Crippen LogP contribution in [0.4, 0.5) is 0 Å². The Kier molecular flexibility index (Phi) is 4.97. The highest BCUT2D eigenvalue weighted by molar-refractivity contribution is 7.89. The first kappa shape index (κ1) is 19.3. The Morgan fingerprint density at radius 3 is 2.11 bits per heavy atom. The number of hydrogen-bond donors (Lipinski definition) is 0. The minimum Gasteiger partial charge on any atom is -0.354 e. The molecule has 0 aliphatic carbocycles. The number of amides is 1. The molecule has 0 N–H and O–H groups in total. The molecule has 27 heavy (non-hydrogen) atoms. The van der Waals surface area contributed by atoms with Crippen LogP contribution in [0, 0.1) is 12.8 Å². The fraction of sp³-hybridized carbons (Fsp3) is 0.286. The number of carbonyl (C=O) groups excluding carboxylic acids is 1. The van der Waals surface area contributed by atoms with Gasteiger partial charge in [0.15, 0.2) is 5.72 Å². The van der Waals surface area contributed by atoms with Crippen molar-refractivity contribution in [1.29, 1.82) is 0 Å². The summed E-state index contributed by atoms with van der Waals surface area (Å²) in [4.78, 5) is 13.3. The third kappa shape index (κ3) is 3.09. The van der Waals surface area contributed by atoms with Crippen molar-refractivity contribution in [2.24, 2.45) is 5.92 Å². The molecular formula is C21H23NO4S. The van der Waals surface area contributed by atoms with Crippen molar-refractivity contribution in [3.05, 3.63) is 71.8 Å². The second-order valence-corrected chi connectivity index (χ2v) is 8.71. The molecule has 0 saturated heterocycles. The smallest absolute Gasteiger partial charge is 0.270 e. The summed E-state index contributed by atoms with van der Waals surface area (Å²) in [7, 11) is -2.68. The van der Waals surface area contributed by atoms with E-state index in [1.807, 2.05) is 39.0 Å². The van der Waals surface area contributed by atoms with Crippen LogP contribution in [-0.2, 0) is 19.6 Å². The molecular weight excluding hydrogens is 362 g/mol. The van der Waals surface area contributed by atoms with E-state index in [0.29, 0.717) is 11.1 Å². The van der Waals surface area contributed by atoms with E-state index in [0.717, 1.165) is 9.87 Å². The number of sulfonamides is 1. The zero-order valence-corrected chi connectivity index (χ0v) is 16.7. The lowest BCUT2D eigenvalue weighted by atomic mass is 9.98. The molecule has 0 saturated carbocycles. The standard InChI is InChI=1S/C21H23NO4S/c1-15(2)21(26-4)14-19(17-8-6-5-7-9-17)20(23)22(21)27(24,25)18-12-10-16(3)11-13-18/h5-15H,1-4H3. The van der Waals surface area contributed by atoms with Crippen LogP contribution in [-0.4, -0.2) is 31.5 Å². The number of carbonyl (C=O) groups is 1. The first-order valence-electron chi connectivity index (χ1n) is 8.74. The van der Waals surface area contributed by atoms with E-state index < -0.39 is 21.7 Å². The normalized spacial score (nSPS) is 20.3. The van der Waals surface area contributed by atoms with Gasteiger partial charge in [0.05, 0.1) is 4.90 Å². The largest absolute Gasteiger partial charge is 0.354 e. The Hall–Kier alpha value is -2.44. The number of aryl methyl sites for hydroxylation is 1. The molecule has 0 radical (unpaired) electrons. The highest BCUT2D eigenvalue weighted by atomic mass is 32.2. The first-order chi connectivity index (χ1) is 12.7. The lowest BCUT2D eigenvalue weighted by Gasteiger charge is -2.38. The second-order valence-electron chi connectivity index (χ2n) is 6.92. The zero-order chi connectivity index (χ0) is 19.8. The van der Waals surface area contributed by atoms with Crippen LogP contribution in [0.15, 0.2) is 65.6 Å². The maximum atomic E-state index is 13.4. The molecule has 142 valence electrons. The third-order valence-corrected chi connectivity index (χ3v) is 6.68. The minimum absolute atomic E-state index is 0.0613. The highest BCUT2D eigenvalue weighted by Crippen LogP contribution is 2.42. The molecule has 1 aliphatic rings. The SMILES string of the molecule is COC1(C(C)C)C=C(c2ccccc2)C(=O)N1S(=O)(=O)c1ccc(C)cc1. The Bertz CT molecular complexity index is 979. The van der Waals surface area contributed by atoms with Crippen molar-refractivity contribution in [1.82, 2.24) is 4.31 Å². The van der Waals surface area contributed by atoms with Gasteiger partial charge in [-0.15, -0.1) is 0 Å². The minimum atomic E-state index is -4.10. The highest BCUT2D eigenvalue weighted by Gasteiger charge is 2.54. The number of rotatable bonds is 5. The van der Waals surface area contributed by atoms with Crippen LogP contribution in [0.3, 0.4) is 0 Å². The summed E-state index contributed by atoms with van der Waals surface area (Å²) in [5.74, 6) is -0.870. The summed E-state index contributed by atoms with van der Waals surface area (Å²) in [5.41, 5.74) is 0.533. The van der Waals surface area contributed by atoms with E-state index in [9.17, 15) is 13.2 Å². The maximum Gasteiger partial charge on any atom is 0.270 e. The van der Waals surface area contributed by atoms with E-state index in [1.165, 1.54) is 19.2 Å². The molecule has 1 unspecified atom stereocenters. The Balaban J connectivity index is 2.19. The lowest BCUT2D eigenvalue weighted by Crippen LogP contribution is -2.54. The Morgan fingerprint density at radius 1 is 1.00 bits per heavy atom. The van der Waals surface area contributed by atoms with Gasteiger partial charge in [-0.3, -0.25) is 4.79 Å². The van der Waals surface area contributed by atoms with Crippen LogP contribution < -0.4 is 0 Å². The second kappa shape index (κ2) is 6.94. The Morgan fingerprint density at radius 2 is 1.59 bits per heavy atom. The third-order valence-electron chi connectivity index (χ3n) is 4.88. The summed E-state index contributed by atoms with van der Waals surface area (Å²) < 4.78 is 33.4. The van der Waals surface area contributed by atoms with E-state index in [2.05, 4.69) is 0 Å². The van der Waals surface area contributed by atoms with Gasteiger partial charge in [0.1, 0.15) is 0 Å². The molecule has 1 atom stereocenters. The molecule has 3 rings (SSSR count). The molecule has 5 nitrogen and oxygen atoms in total. The summed E-state index contributed by atoms with van der Waals surface area (Å²) in [6, 6.07) is 15.5. The maximum absolute atomic E-state index is 13.4. The molecule has 2 aromatic carbocycles. The number of ether oxygens (including phenoxy) is 1. The average molecular weight is 385 g/mol. The molecule has 0 fully saturated rings. The predicted octanol–water partition coefficient (Wildman–Crippen LogP) is 3.61. The van der Waals surface area contributed by atoms with Gasteiger partial charge in [0.2, 0.25) is 0 Å². The molecule has 1 aliphatic heterocycles. The van der Waals surface area contributed by atoms with Gasteiger partial charge in [-0.1, -0.05) is 61.9 Å². The zero-order valence-electron chi connectivity index (χ0n) is 15.8. The fourth-order valence-electron chi connectivity index (χ4n) is 3.31. The van der Waals surface area contributed by atoms with E-state index in [-0.39, 0.29) is 10.8 Å². The van der Waals surface area contributed by atoms with Gasteiger partial charge in [0.25, 0.3) is 15.9 Å². The molecule has 6 heteroatoms. The van der Waals surface area contributed by atoms with E-state index in [4.69, 9.17) is 4.74 Å². The van der Waals surface area contributed by atoms with Crippen LogP contribution in [0.25, 0.3) is 5.57 Å². The van der Waals surface area contributed by atoms with Gasteiger partial charge in [-0.2, -0.15) is 4.31 Å². The van der Waals surface area contributed by atoms with Gasteiger partial charge in [-0.05, 0) is 30.7 Å². The predicted molar refractivity (Wildman–Crippen MR) is 104 cm³/mol. The first-order valence-corrected chi connectivity index (χ1v) is 10.2. The van der Waals surface area contributed by atoms with Crippen LogP contribution in [0.1, 0.15) is 25.0 Å². The Labute approximate surface area is 160 Å². The van der Waals surface area contributed by atoms with E-state index >= 15 is 0 Å². The van der Waals surface area contributed by atoms with Crippen molar-refractivity contribution in [2.45, 2.75) is 31.4 Å². The van der Waals surface area contributed by atoms with Crippen LogP contribution in [0.2, 0.25) is 0 Å². The number of benzene rings is 2. The summed E-state index contributed by atoms with van der Waals surface area (Å²) in [5, 5.41) is 0. The molecule has 2 aromatic rings. The van der Waals surface area contributed by atoms with Crippen molar-refractivity contribution in [3.63, 3.8) is 0 Å². The number of nitrogens with zero attached hydrogens (tertiary/aromatic N) is 1. The van der Waals surface area contributed by atoms with Gasteiger partial charge in [0, 0.05) is 18.6 Å². The van der Waals surface area contributed by atoms with Crippen LogP contribution in [0.5, 0.6) is 0 Å². The molecule has 1 heterocycles. The topological polar surface area (TPSA) is 63.7 Å². The number of methoxy groups -OCH3 is 1. The molecule has 0 bridgehead atoms. The van der Waals surface area contributed by atoms with Crippen molar-refractivity contribution in [2.75, 3.05) is 7.11 Å². The van der Waals surface area contributed by atoms with Gasteiger partial charge < -0.3 is 4.74 Å². The quantitative estimate of drug-likeness (QED) is 0.789. The molecule has 0 spiro atoms. The molecule has 1 amide bonds. The fourth-order valence-corrected chi connectivity index (χ4v) is 5.03. The van der Waals surface area contributed by atoms with Crippen molar-refractivity contribution < 1.29 is 17.9 Å².